The van der Waals surface area contributed by atoms with E-state index < -0.39 is 12.0 Å². The SMILES string of the molecule is O=C(Nc1ccc(F)c(-n2cc3cc(N4CC(F)C4)cnc3n2)c1)C1CC1. The fourth-order valence-electron chi connectivity index (χ4n) is 3.19. The van der Waals surface area contributed by atoms with Gasteiger partial charge >= 0.3 is 0 Å². The molecule has 27 heavy (non-hydrogen) atoms. The number of fused-ring (bicyclic) bond motifs is 1. The van der Waals surface area contributed by atoms with Crippen molar-refractivity contribution in [1.29, 1.82) is 0 Å². The number of halogens is 2. The van der Waals surface area contributed by atoms with Crippen LogP contribution in [0.1, 0.15) is 12.8 Å². The third-order valence-electron chi connectivity index (χ3n) is 4.96. The van der Waals surface area contributed by atoms with E-state index in [1.807, 2.05) is 11.0 Å². The maximum atomic E-state index is 14.4. The Balaban J connectivity index is 1.46. The molecule has 1 saturated carbocycles. The van der Waals surface area contributed by atoms with Crippen LogP contribution in [-0.4, -0.2) is 39.9 Å². The van der Waals surface area contributed by atoms with Gasteiger partial charge in [-0.1, -0.05) is 0 Å². The van der Waals surface area contributed by atoms with E-state index in [0.717, 1.165) is 23.9 Å². The number of alkyl halides is 1. The summed E-state index contributed by atoms with van der Waals surface area (Å²) in [5.74, 6) is -0.417. The molecule has 6 nitrogen and oxygen atoms in total. The highest BCUT2D eigenvalue weighted by molar-refractivity contribution is 5.94. The molecule has 138 valence electrons. The average molecular weight is 369 g/mol. The van der Waals surface area contributed by atoms with Crippen LogP contribution < -0.4 is 10.2 Å². The minimum Gasteiger partial charge on any atom is -0.364 e. The minimum absolute atomic E-state index is 0.0368. The van der Waals surface area contributed by atoms with Crippen LogP contribution in [0.5, 0.6) is 0 Å². The van der Waals surface area contributed by atoms with Crippen LogP contribution in [0, 0.1) is 11.7 Å². The molecule has 0 radical (unpaired) electrons. The lowest BCUT2D eigenvalue weighted by Gasteiger charge is -2.36. The topological polar surface area (TPSA) is 63.1 Å². The Bertz CT molecular complexity index is 1040. The number of amides is 1. The number of carbonyl (C=O) groups excluding carboxylic acids is 1. The van der Waals surface area contributed by atoms with Gasteiger partial charge in [-0.15, -0.1) is 5.10 Å². The van der Waals surface area contributed by atoms with Crippen molar-refractivity contribution in [3.63, 3.8) is 0 Å². The highest BCUT2D eigenvalue weighted by atomic mass is 19.1. The Labute approximate surface area is 153 Å². The Morgan fingerprint density at radius 1 is 1.22 bits per heavy atom. The molecule has 3 heterocycles. The van der Waals surface area contributed by atoms with Crippen LogP contribution in [0.4, 0.5) is 20.2 Å². The first-order valence-corrected chi connectivity index (χ1v) is 8.92. The summed E-state index contributed by atoms with van der Waals surface area (Å²) in [6.07, 6.45) is 4.33. The number of aromatic nitrogens is 3. The number of nitrogens with one attached hydrogen (secondary N) is 1. The third-order valence-corrected chi connectivity index (χ3v) is 4.96. The van der Waals surface area contributed by atoms with Gasteiger partial charge in [-0.2, -0.15) is 0 Å². The lowest BCUT2D eigenvalue weighted by atomic mass is 10.1. The van der Waals surface area contributed by atoms with Gasteiger partial charge in [-0.25, -0.2) is 18.4 Å². The van der Waals surface area contributed by atoms with Crippen LogP contribution in [-0.2, 0) is 4.79 Å². The van der Waals surface area contributed by atoms with Crippen molar-refractivity contribution in [2.24, 2.45) is 5.92 Å². The summed E-state index contributed by atoms with van der Waals surface area (Å²) in [5, 5.41) is 7.88. The van der Waals surface area contributed by atoms with Crippen LogP contribution in [0.15, 0.2) is 36.7 Å². The van der Waals surface area contributed by atoms with E-state index in [1.165, 1.54) is 16.8 Å². The molecule has 0 unspecified atom stereocenters. The van der Waals surface area contributed by atoms with Crippen molar-refractivity contribution in [1.82, 2.24) is 14.8 Å². The van der Waals surface area contributed by atoms with Gasteiger partial charge in [0.2, 0.25) is 5.91 Å². The lowest BCUT2D eigenvalue weighted by Crippen LogP contribution is -2.48. The van der Waals surface area contributed by atoms with Gasteiger partial charge < -0.3 is 10.2 Å². The second-order valence-corrected chi connectivity index (χ2v) is 7.11. The lowest BCUT2D eigenvalue weighted by molar-refractivity contribution is -0.117. The molecule has 8 heteroatoms. The van der Waals surface area contributed by atoms with Crippen molar-refractivity contribution >= 4 is 28.3 Å². The van der Waals surface area contributed by atoms with E-state index >= 15 is 0 Å². The fraction of sp³-hybridized carbons (Fsp3) is 0.316. The van der Waals surface area contributed by atoms with E-state index in [4.69, 9.17) is 0 Å². The summed E-state index contributed by atoms with van der Waals surface area (Å²) >= 11 is 0. The van der Waals surface area contributed by atoms with Crippen LogP contribution in [0.3, 0.4) is 0 Å². The molecule has 1 aliphatic carbocycles. The Hall–Kier alpha value is -3.03. The molecule has 3 aromatic rings. The summed E-state index contributed by atoms with van der Waals surface area (Å²) in [6.45, 7) is 0.720. The molecule has 1 aromatic carbocycles. The Kier molecular flexibility index (Phi) is 3.60. The van der Waals surface area contributed by atoms with Crippen molar-refractivity contribution in [2.45, 2.75) is 19.0 Å². The van der Waals surface area contributed by atoms with E-state index in [1.54, 1.807) is 18.5 Å². The number of rotatable bonds is 4. The molecule has 2 aromatic heterocycles. The molecule has 0 spiro atoms. The summed E-state index contributed by atoms with van der Waals surface area (Å²) in [4.78, 5) is 18.1. The Morgan fingerprint density at radius 3 is 2.78 bits per heavy atom. The van der Waals surface area contributed by atoms with Gasteiger partial charge in [-0.05, 0) is 37.1 Å². The number of nitrogens with zero attached hydrogens (tertiary/aromatic N) is 4. The predicted molar refractivity (Wildman–Crippen MR) is 97.3 cm³/mol. The van der Waals surface area contributed by atoms with E-state index in [2.05, 4.69) is 15.4 Å². The summed E-state index contributed by atoms with van der Waals surface area (Å²) in [5.41, 5.74) is 2.06. The fourth-order valence-corrected chi connectivity index (χ4v) is 3.19. The normalized spacial score (nSPS) is 17.2. The monoisotopic (exact) mass is 369 g/mol. The first kappa shape index (κ1) is 16.2. The zero-order valence-corrected chi connectivity index (χ0v) is 14.4. The zero-order valence-electron chi connectivity index (χ0n) is 14.4. The maximum absolute atomic E-state index is 14.4. The first-order chi connectivity index (χ1) is 13.1. The Morgan fingerprint density at radius 2 is 2.04 bits per heavy atom. The predicted octanol–water partition coefficient (Wildman–Crippen LogP) is 3.07. The van der Waals surface area contributed by atoms with Gasteiger partial charge in [-0.3, -0.25) is 4.79 Å². The van der Waals surface area contributed by atoms with Crippen LogP contribution in [0.2, 0.25) is 0 Å². The van der Waals surface area contributed by atoms with Gasteiger partial charge in [0.25, 0.3) is 0 Å². The van der Waals surface area contributed by atoms with Gasteiger partial charge in [0.1, 0.15) is 17.7 Å². The molecule has 1 aliphatic heterocycles. The summed E-state index contributed by atoms with van der Waals surface area (Å²) < 4.78 is 28.8. The minimum atomic E-state index is -0.800. The van der Waals surface area contributed by atoms with Crippen molar-refractivity contribution in [3.8, 4) is 5.69 Å². The standard InChI is InChI=1S/C19H17F2N5O/c20-13-9-25(10-13)15-5-12-8-26(24-18(12)22-7-15)17-6-14(3-4-16(17)21)23-19(27)11-1-2-11/h3-8,11,13H,1-2,9-10H2,(H,23,27). The van der Waals surface area contributed by atoms with Gasteiger partial charge in [0, 0.05) is 23.2 Å². The number of pyridine rings is 1. The van der Waals surface area contributed by atoms with Crippen molar-refractivity contribution in [3.05, 3.63) is 42.5 Å². The first-order valence-electron chi connectivity index (χ1n) is 8.92. The molecule has 1 amide bonds. The molecular weight excluding hydrogens is 352 g/mol. The molecule has 0 bridgehead atoms. The van der Waals surface area contributed by atoms with Gasteiger partial charge in [0.15, 0.2) is 5.65 Å². The molecule has 5 rings (SSSR count). The molecule has 1 saturated heterocycles. The summed E-state index contributed by atoms with van der Waals surface area (Å²) in [7, 11) is 0. The van der Waals surface area contributed by atoms with Crippen molar-refractivity contribution in [2.75, 3.05) is 23.3 Å². The van der Waals surface area contributed by atoms with Crippen LogP contribution >= 0.6 is 0 Å². The van der Waals surface area contributed by atoms with E-state index in [-0.39, 0.29) is 17.5 Å². The zero-order chi connectivity index (χ0) is 18.5. The number of benzene rings is 1. The highest BCUT2D eigenvalue weighted by Crippen LogP contribution is 2.31. The second kappa shape index (κ2) is 6.00. The third kappa shape index (κ3) is 3.01. The quantitative estimate of drug-likeness (QED) is 0.768. The number of carbonyl (C=O) groups is 1. The molecule has 0 atom stereocenters. The van der Waals surface area contributed by atoms with Gasteiger partial charge in [0.05, 0.1) is 25.0 Å². The second-order valence-electron chi connectivity index (χ2n) is 7.11. The highest BCUT2D eigenvalue weighted by Gasteiger charge is 2.30. The van der Waals surface area contributed by atoms with Crippen LogP contribution in [0.25, 0.3) is 16.7 Å². The van der Waals surface area contributed by atoms with E-state index in [9.17, 15) is 13.6 Å². The molecular formula is C19H17F2N5O. The van der Waals surface area contributed by atoms with E-state index in [0.29, 0.717) is 24.4 Å². The van der Waals surface area contributed by atoms with Crippen molar-refractivity contribution < 1.29 is 13.6 Å². The summed E-state index contributed by atoms with van der Waals surface area (Å²) in [6, 6.07) is 6.28. The number of anilines is 2. The number of hydrogen-bond acceptors (Lipinski definition) is 4. The number of hydrogen-bond donors (Lipinski definition) is 1. The largest absolute Gasteiger partial charge is 0.364 e. The molecule has 1 N–H and O–H groups in total. The maximum Gasteiger partial charge on any atom is 0.227 e. The average Bonchev–Trinajstić information content (AvgIpc) is 3.40. The molecule has 2 fully saturated rings. The molecule has 2 aliphatic rings. The smallest absolute Gasteiger partial charge is 0.227 e.